The second-order valence-electron chi connectivity index (χ2n) is 6.49. The fraction of sp³-hybridized carbons (Fsp3) is 0.238. The minimum absolute atomic E-state index is 0.604. The van der Waals surface area contributed by atoms with Crippen molar-refractivity contribution in [3.8, 4) is 5.75 Å². The lowest BCUT2D eigenvalue weighted by atomic mass is 10.00. The van der Waals surface area contributed by atoms with Crippen LogP contribution in [0.3, 0.4) is 0 Å². The number of nitrogens with zero attached hydrogens (tertiary/aromatic N) is 3. The molecule has 0 unspecified atom stereocenters. The van der Waals surface area contributed by atoms with Crippen LogP contribution in [0.4, 0.5) is 17.5 Å². The molecule has 26 heavy (non-hydrogen) atoms. The third kappa shape index (κ3) is 3.47. The highest BCUT2D eigenvalue weighted by Gasteiger charge is 2.18. The molecule has 5 nitrogen and oxygen atoms in total. The number of nitrogens with one attached hydrogen (secondary N) is 1. The van der Waals surface area contributed by atoms with Gasteiger partial charge in [-0.3, -0.25) is 0 Å². The molecule has 2 heterocycles. The summed E-state index contributed by atoms with van der Waals surface area (Å²) >= 11 is 0. The third-order valence-corrected chi connectivity index (χ3v) is 4.62. The molecule has 0 atom stereocenters. The van der Waals surface area contributed by atoms with Crippen LogP contribution < -0.4 is 15.0 Å². The minimum atomic E-state index is 0.604. The van der Waals surface area contributed by atoms with Crippen LogP contribution in [0.5, 0.6) is 5.75 Å². The summed E-state index contributed by atoms with van der Waals surface area (Å²) in [6.45, 7) is 3.84. The van der Waals surface area contributed by atoms with Crippen molar-refractivity contribution in [2.24, 2.45) is 0 Å². The molecule has 3 aromatic rings. The first kappa shape index (κ1) is 16.4. The second kappa shape index (κ2) is 7.04. The summed E-state index contributed by atoms with van der Waals surface area (Å²) in [6, 6.07) is 18.4. The lowest BCUT2D eigenvalue weighted by Gasteiger charge is -2.30. The summed E-state index contributed by atoms with van der Waals surface area (Å²) in [5.41, 5.74) is 4.66. The maximum Gasteiger partial charge on any atom is 0.229 e. The number of aryl methyl sites for hydroxylation is 1. The molecule has 0 spiro atoms. The number of benzene rings is 2. The Balaban J connectivity index is 1.58. The number of anilines is 3. The largest absolute Gasteiger partial charge is 0.497 e. The average molecular weight is 346 g/mol. The van der Waals surface area contributed by atoms with Crippen molar-refractivity contribution in [2.45, 2.75) is 19.9 Å². The normalized spacial score (nSPS) is 13.2. The van der Waals surface area contributed by atoms with Gasteiger partial charge in [0.1, 0.15) is 11.6 Å². The fourth-order valence-corrected chi connectivity index (χ4v) is 3.29. The topological polar surface area (TPSA) is 50.3 Å². The van der Waals surface area contributed by atoms with Crippen LogP contribution in [0.2, 0.25) is 0 Å². The third-order valence-electron chi connectivity index (χ3n) is 4.62. The molecule has 0 saturated carbocycles. The van der Waals surface area contributed by atoms with E-state index in [9.17, 15) is 0 Å². The smallest absolute Gasteiger partial charge is 0.229 e. The summed E-state index contributed by atoms with van der Waals surface area (Å²) in [5, 5.41) is 3.29. The van der Waals surface area contributed by atoms with Gasteiger partial charge in [0.05, 0.1) is 7.11 Å². The highest BCUT2D eigenvalue weighted by Crippen LogP contribution is 2.25. The zero-order chi connectivity index (χ0) is 17.9. The Labute approximate surface area is 153 Å². The Morgan fingerprint density at radius 3 is 2.69 bits per heavy atom. The summed E-state index contributed by atoms with van der Waals surface area (Å²) in [5.74, 6) is 2.36. The van der Waals surface area contributed by atoms with Gasteiger partial charge in [-0.25, -0.2) is 4.98 Å². The Bertz CT molecular complexity index is 925. The predicted molar refractivity (Wildman–Crippen MR) is 104 cm³/mol. The summed E-state index contributed by atoms with van der Waals surface area (Å²) in [4.78, 5) is 11.6. The van der Waals surface area contributed by atoms with E-state index in [2.05, 4.69) is 39.5 Å². The zero-order valence-corrected chi connectivity index (χ0v) is 15.1. The van der Waals surface area contributed by atoms with Gasteiger partial charge in [-0.2, -0.15) is 4.98 Å². The van der Waals surface area contributed by atoms with Crippen molar-refractivity contribution in [2.75, 3.05) is 23.9 Å². The molecule has 1 aromatic heterocycles. The first-order valence-electron chi connectivity index (χ1n) is 8.80. The van der Waals surface area contributed by atoms with Crippen molar-refractivity contribution in [1.82, 2.24) is 9.97 Å². The molecule has 1 aliphatic rings. The number of hydrogen-bond donors (Lipinski definition) is 1. The Morgan fingerprint density at radius 1 is 1.00 bits per heavy atom. The zero-order valence-electron chi connectivity index (χ0n) is 15.1. The molecule has 0 radical (unpaired) electrons. The second-order valence-corrected chi connectivity index (χ2v) is 6.49. The van der Waals surface area contributed by atoms with E-state index in [1.54, 1.807) is 7.11 Å². The van der Waals surface area contributed by atoms with Gasteiger partial charge in [0.2, 0.25) is 5.95 Å². The molecule has 132 valence electrons. The van der Waals surface area contributed by atoms with Gasteiger partial charge in [-0.1, -0.05) is 30.3 Å². The van der Waals surface area contributed by atoms with Gasteiger partial charge < -0.3 is 15.0 Å². The molecule has 0 bridgehead atoms. The average Bonchev–Trinajstić information content (AvgIpc) is 2.67. The Morgan fingerprint density at radius 2 is 1.85 bits per heavy atom. The molecule has 2 aromatic carbocycles. The SMILES string of the molecule is COc1cccc(Nc2nc(C)cc(N3CCc4ccccc4C3)n2)c1. The highest BCUT2D eigenvalue weighted by atomic mass is 16.5. The van der Waals surface area contributed by atoms with Crippen LogP contribution in [0, 0.1) is 6.92 Å². The van der Waals surface area contributed by atoms with Gasteiger partial charge in [-0.15, -0.1) is 0 Å². The standard InChI is InChI=1S/C21H22N4O/c1-15-12-20(25-11-10-16-6-3-4-7-17(16)14-25)24-21(22-15)23-18-8-5-9-19(13-18)26-2/h3-9,12-13H,10-11,14H2,1-2H3,(H,22,23,24). The molecular formula is C21H22N4O. The maximum atomic E-state index is 5.28. The molecular weight excluding hydrogens is 324 g/mol. The van der Waals surface area contributed by atoms with E-state index in [1.807, 2.05) is 37.3 Å². The van der Waals surface area contributed by atoms with Gasteiger partial charge in [-0.05, 0) is 36.6 Å². The highest BCUT2D eigenvalue weighted by molar-refractivity contribution is 5.58. The summed E-state index contributed by atoms with van der Waals surface area (Å²) in [6.07, 6.45) is 1.04. The minimum Gasteiger partial charge on any atom is -0.497 e. The number of aromatic nitrogens is 2. The molecule has 0 aliphatic carbocycles. The summed E-state index contributed by atoms with van der Waals surface area (Å²) in [7, 11) is 1.66. The van der Waals surface area contributed by atoms with Crippen molar-refractivity contribution < 1.29 is 4.74 Å². The predicted octanol–water partition coefficient (Wildman–Crippen LogP) is 4.10. The molecule has 1 aliphatic heterocycles. The van der Waals surface area contributed by atoms with E-state index in [4.69, 9.17) is 9.72 Å². The molecule has 0 amide bonds. The van der Waals surface area contributed by atoms with Crippen LogP contribution in [-0.4, -0.2) is 23.6 Å². The van der Waals surface area contributed by atoms with Crippen molar-refractivity contribution >= 4 is 17.5 Å². The van der Waals surface area contributed by atoms with Gasteiger partial charge >= 0.3 is 0 Å². The molecule has 4 rings (SSSR count). The van der Waals surface area contributed by atoms with Crippen molar-refractivity contribution in [3.05, 3.63) is 71.4 Å². The number of ether oxygens (including phenoxy) is 1. The maximum absolute atomic E-state index is 5.28. The van der Waals surface area contributed by atoms with Crippen molar-refractivity contribution in [3.63, 3.8) is 0 Å². The molecule has 5 heteroatoms. The van der Waals surface area contributed by atoms with Gasteiger partial charge in [0, 0.05) is 36.6 Å². The summed E-state index contributed by atoms with van der Waals surface area (Å²) < 4.78 is 5.28. The van der Waals surface area contributed by atoms with Crippen LogP contribution in [0.25, 0.3) is 0 Å². The van der Waals surface area contributed by atoms with Crippen LogP contribution in [-0.2, 0) is 13.0 Å². The molecule has 0 fully saturated rings. The number of hydrogen-bond acceptors (Lipinski definition) is 5. The van der Waals surface area contributed by atoms with Gasteiger partial charge in [0.25, 0.3) is 0 Å². The van der Waals surface area contributed by atoms with E-state index < -0.39 is 0 Å². The Kier molecular flexibility index (Phi) is 4.44. The molecule has 0 saturated heterocycles. The first-order valence-corrected chi connectivity index (χ1v) is 8.80. The van der Waals surface area contributed by atoms with E-state index >= 15 is 0 Å². The van der Waals surface area contributed by atoms with Crippen molar-refractivity contribution in [1.29, 1.82) is 0 Å². The van der Waals surface area contributed by atoms with E-state index in [0.29, 0.717) is 5.95 Å². The first-order chi connectivity index (χ1) is 12.7. The van der Waals surface area contributed by atoms with Crippen LogP contribution in [0.15, 0.2) is 54.6 Å². The van der Waals surface area contributed by atoms with E-state index in [0.717, 1.165) is 42.5 Å². The number of methoxy groups -OCH3 is 1. The lowest BCUT2D eigenvalue weighted by Crippen LogP contribution is -2.31. The number of fused-ring (bicyclic) bond motifs is 1. The van der Waals surface area contributed by atoms with E-state index in [-0.39, 0.29) is 0 Å². The number of rotatable bonds is 4. The van der Waals surface area contributed by atoms with Gasteiger partial charge in [0.15, 0.2) is 0 Å². The van der Waals surface area contributed by atoms with Crippen LogP contribution >= 0.6 is 0 Å². The lowest BCUT2D eigenvalue weighted by molar-refractivity contribution is 0.415. The quantitative estimate of drug-likeness (QED) is 0.771. The van der Waals surface area contributed by atoms with E-state index in [1.165, 1.54) is 11.1 Å². The Hall–Kier alpha value is -3.08. The monoisotopic (exact) mass is 346 g/mol. The molecule has 1 N–H and O–H groups in total. The fourth-order valence-electron chi connectivity index (χ4n) is 3.29. The van der Waals surface area contributed by atoms with Crippen LogP contribution in [0.1, 0.15) is 16.8 Å².